The zero-order valence-corrected chi connectivity index (χ0v) is 31.8. The van der Waals surface area contributed by atoms with Crippen molar-refractivity contribution >= 4 is 68.0 Å². The normalized spacial score (nSPS) is 12.0. The summed E-state index contributed by atoms with van der Waals surface area (Å²) in [6.45, 7) is 6.14. The first-order valence-electron chi connectivity index (χ1n) is 16.8. The summed E-state index contributed by atoms with van der Waals surface area (Å²) in [4.78, 5) is 36.3. The first-order valence-corrected chi connectivity index (χ1v) is 19.2. The van der Waals surface area contributed by atoms with Crippen LogP contribution < -0.4 is 10.6 Å². The van der Waals surface area contributed by atoms with E-state index in [-0.39, 0.29) is 29.6 Å². The average molecular weight is 756 g/mol. The van der Waals surface area contributed by atoms with Crippen LogP contribution in [0.2, 0.25) is 10.0 Å². The molecule has 6 nitrogen and oxygen atoms in total. The van der Waals surface area contributed by atoms with Crippen molar-refractivity contribution in [1.29, 1.82) is 0 Å². The Morgan fingerprint density at radius 2 is 1.12 bits per heavy atom. The van der Waals surface area contributed by atoms with Crippen LogP contribution in [0, 0.1) is 5.92 Å². The van der Waals surface area contributed by atoms with Gasteiger partial charge in [0.15, 0.2) is 10.3 Å². The van der Waals surface area contributed by atoms with Gasteiger partial charge in [0.2, 0.25) is 11.8 Å². The topological polar surface area (TPSA) is 84.0 Å². The van der Waals surface area contributed by atoms with Crippen molar-refractivity contribution in [3.8, 4) is 0 Å². The van der Waals surface area contributed by atoms with Gasteiger partial charge >= 0.3 is 0 Å². The highest BCUT2D eigenvalue weighted by Gasteiger charge is 2.25. The maximum absolute atomic E-state index is 12.8. The summed E-state index contributed by atoms with van der Waals surface area (Å²) in [5.74, 6) is -0.200. The van der Waals surface area contributed by atoms with Gasteiger partial charge in [0.1, 0.15) is 0 Å². The first-order chi connectivity index (χ1) is 24.7. The van der Waals surface area contributed by atoms with Gasteiger partial charge in [-0.3, -0.25) is 9.59 Å². The molecule has 2 heterocycles. The van der Waals surface area contributed by atoms with Crippen molar-refractivity contribution in [2.75, 3.05) is 10.6 Å². The quantitative estimate of drug-likeness (QED) is 0.130. The third-order valence-electron chi connectivity index (χ3n) is 8.14. The molecule has 0 fully saturated rings. The highest BCUT2D eigenvalue weighted by Crippen LogP contribution is 2.29. The number of nitrogens with zero attached hydrogens (tertiary/aromatic N) is 2. The lowest BCUT2D eigenvalue weighted by Crippen LogP contribution is -2.25. The highest BCUT2D eigenvalue weighted by atomic mass is 35.5. The number of aromatic nitrogens is 2. The van der Waals surface area contributed by atoms with Gasteiger partial charge in [-0.25, -0.2) is 9.97 Å². The lowest BCUT2D eigenvalue weighted by atomic mass is 9.88. The molecule has 262 valence electrons. The molecule has 0 aliphatic carbocycles. The van der Waals surface area contributed by atoms with Crippen LogP contribution in [0.4, 0.5) is 10.3 Å². The number of rotatable bonds is 12. The van der Waals surface area contributed by atoms with Gasteiger partial charge in [-0.15, -0.1) is 22.7 Å². The molecule has 2 aromatic heterocycles. The predicted molar refractivity (Wildman–Crippen MR) is 213 cm³/mol. The summed E-state index contributed by atoms with van der Waals surface area (Å²) in [5.41, 5.74) is 4.31. The maximum Gasteiger partial charge on any atom is 0.233 e. The van der Waals surface area contributed by atoms with E-state index in [4.69, 9.17) is 23.2 Å². The summed E-state index contributed by atoms with van der Waals surface area (Å²) >= 11 is 15.1. The van der Waals surface area contributed by atoms with E-state index in [1.807, 2.05) is 129 Å². The molecule has 51 heavy (non-hydrogen) atoms. The van der Waals surface area contributed by atoms with Gasteiger partial charge in [-0.05, 0) is 58.9 Å². The van der Waals surface area contributed by atoms with E-state index in [2.05, 4.69) is 34.4 Å². The Kier molecular flexibility index (Phi) is 13.9. The summed E-state index contributed by atoms with van der Waals surface area (Å²) in [6, 6.07) is 35.3. The number of benzene rings is 4. The first kappa shape index (κ1) is 37.9. The standard InChI is InChI=1S/C21H21ClN2OS.C20H19ClN2OS/c1-14(2)19(16-8-4-3-5-9-16)20(25)24-21-23-13-18(26-21)12-15-7-6-10-17(22)11-15;1-2-18(15-8-4-3-5-9-15)19(24)23-20-22-13-17(25-20)12-14-7-6-10-16(21)11-14/h3-11,13-14,19H,12H2,1-2H3,(H,23,24,25);3-11,13,18H,2,12H2,1H3,(H,22,23,24). The Balaban J connectivity index is 0.000000198. The Morgan fingerprint density at radius 1 is 0.647 bits per heavy atom. The number of halogens is 2. The number of hydrogen-bond donors (Lipinski definition) is 2. The minimum Gasteiger partial charge on any atom is -0.301 e. The van der Waals surface area contributed by atoms with Crippen molar-refractivity contribution < 1.29 is 9.59 Å². The molecule has 2 atom stereocenters. The molecule has 6 aromatic rings. The van der Waals surface area contributed by atoms with Crippen LogP contribution in [0.1, 0.15) is 71.0 Å². The number of nitrogens with one attached hydrogen (secondary N) is 2. The summed E-state index contributed by atoms with van der Waals surface area (Å²) in [7, 11) is 0. The highest BCUT2D eigenvalue weighted by molar-refractivity contribution is 7.16. The number of amides is 2. The molecule has 0 saturated carbocycles. The second-order valence-corrected chi connectivity index (χ2v) is 15.5. The van der Waals surface area contributed by atoms with Gasteiger partial charge in [-0.1, -0.05) is 129 Å². The zero-order chi connectivity index (χ0) is 36.2. The third-order valence-corrected chi connectivity index (χ3v) is 10.4. The van der Waals surface area contributed by atoms with E-state index >= 15 is 0 Å². The molecule has 0 aliphatic rings. The van der Waals surface area contributed by atoms with E-state index in [9.17, 15) is 9.59 Å². The van der Waals surface area contributed by atoms with Crippen molar-refractivity contribution in [2.24, 2.45) is 5.92 Å². The van der Waals surface area contributed by atoms with E-state index in [1.165, 1.54) is 22.7 Å². The largest absolute Gasteiger partial charge is 0.301 e. The molecular weight excluding hydrogens is 716 g/mol. The van der Waals surface area contributed by atoms with Crippen LogP contribution in [0.5, 0.6) is 0 Å². The second kappa shape index (κ2) is 18.8. The Hall–Kier alpha value is -4.34. The number of thiazole rings is 2. The monoisotopic (exact) mass is 754 g/mol. The molecule has 0 bridgehead atoms. The molecule has 0 spiro atoms. The smallest absolute Gasteiger partial charge is 0.233 e. The summed E-state index contributed by atoms with van der Waals surface area (Å²) in [6.07, 6.45) is 5.87. The molecule has 0 aliphatic heterocycles. The SMILES string of the molecule is CC(C)C(C(=O)Nc1ncc(Cc2cccc(Cl)c2)s1)c1ccccc1.CCC(C(=O)Nc1ncc(Cc2cccc(Cl)c2)s1)c1ccccc1. The zero-order valence-electron chi connectivity index (χ0n) is 28.7. The Bertz CT molecular complexity index is 2010. The van der Waals surface area contributed by atoms with Crippen LogP contribution >= 0.6 is 45.9 Å². The van der Waals surface area contributed by atoms with Gasteiger partial charge < -0.3 is 10.6 Å². The Morgan fingerprint density at radius 3 is 1.57 bits per heavy atom. The van der Waals surface area contributed by atoms with E-state index in [0.29, 0.717) is 10.3 Å². The van der Waals surface area contributed by atoms with Crippen LogP contribution in [0.3, 0.4) is 0 Å². The average Bonchev–Trinajstić information content (AvgIpc) is 3.74. The fourth-order valence-corrected chi connectivity index (χ4v) is 7.85. The van der Waals surface area contributed by atoms with Crippen molar-refractivity contribution in [1.82, 2.24) is 9.97 Å². The molecule has 2 unspecified atom stereocenters. The fourth-order valence-electron chi connectivity index (χ4n) is 5.72. The summed E-state index contributed by atoms with van der Waals surface area (Å²) in [5, 5.41) is 8.65. The van der Waals surface area contributed by atoms with Gasteiger partial charge in [0.25, 0.3) is 0 Å². The number of carbonyl (C=O) groups excluding carboxylic acids is 2. The van der Waals surface area contributed by atoms with Gasteiger partial charge in [0, 0.05) is 45.0 Å². The number of carbonyl (C=O) groups is 2. The van der Waals surface area contributed by atoms with Crippen LogP contribution in [0.25, 0.3) is 0 Å². The predicted octanol–water partition coefficient (Wildman–Crippen LogP) is 11.3. The van der Waals surface area contributed by atoms with E-state index in [1.54, 1.807) is 0 Å². The maximum atomic E-state index is 12.8. The van der Waals surface area contributed by atoms with Crippen molar-refractivity contribution in [3.63, 3.8) is 0 Å². The van der Waals surface area contributed by atoms with Gasteiger partial charge in [0.05, 0.1) is 11.8 Å². The number of anilines is 2. The lowest BCUT2D eigenvalue weighted by molar-refractivity contribution is -0.119. The molecule has 2 amide bonds. The summed E-state index contributed by atoms with van der Waals surface area (Å²) < 4.78 is 0. The lowest BCUT2D eigenvalue weighted by Gasteiger charge is -2.19. The van der Waals surface area contributed by atoms with Crippen LogP contribution in [-0.4, -0.2) is 21.8 Å². The minimum atomic E-state index is -0.198. The fraction of sp³-hybridized carbons (Fsp3) is 0.220. The number of hydrogen-bond acceptors (Lipinski definition) is 6. The van der Waals surface area contributed by atoms with Crippen molar-refractivity contribution in [2.45, 2.75) is 51.9 Å². The van der Waals surface area contributed by atoms with E-state index in [0.717, 1.165) is 61.3 Å². The van der Waals surface area contributed by atoms with Crippen LogP contribution in [0.15, 0.2) is 122 Å². The molecular formula is C41H40Cl2N4O2S2. The molecule has 6 rings (SSSR count). The second-order valence-electron chi connectivity index (χ2n) is 12.4. The molecule has 4 aromatic carbocycles. The molecule has 10 heteroatoms. The third kappa shape index (κ3) is 11.3. The van der Waals surface area contributed by atoms with E-state index < -0.39 is 0 Å². The molecule has 0 radical (unpaired) electrons. The minimum absolute atomic E-state index is 0.0163. The van der Waals surface area contributed by atoms with Gasteiger partial charge in [-0.2, -0.15) is 0 Å². The molecule has 0 saturated heterocycles. The van der Waals surface area contributed by atoms with Crippen LogP contribution in [-0.2, 0) is 22.4 Å². The molecule has 2 N–H and O–H groups in total. The van der Waals surface area contributed by atoms with Crippen molar-refractivity contribution in [3.05, 3.63) is 164 Å². The Labute approximate surface area is 317 Å².